The van der Waals surface area contributed by atoms with E-state index >= 15 is 0 Å². The molecule has 8 nitrogen and oxygen atoms in total. The van der Waals surface area contributed by atoms with Gasteiger partial charge in [0.1, 0.15) is 5.58 Å². The highest BCUT2D eigenvalue weighted by Gasteiger charge is 2.24. The lowest BCUT2D eigenvalue weighted by Crippen LogP contribution is -2.30. The number of rotatable bonds is 5. The molecule has 0 aliphatic rings. The number of hydrogen-bond donors (Lipinski definition) is 2. The lowest BCUT2D eigenvalue weighted by molar-refractivity contribution is -0.123. The summed E-state index contributed by atoms with van der Waals surface area (Å²) in [7, 11) is -3.83. The lowest BCUT2D eigenvalue weighted by Gasteiger charge is -2.13. The number of carbonyl (C=O) groups excluding carboxylic acids is 2. The number of fused-ring (bicyclic) bond motifs is 1. The Morgan fingerprint density at radius 2 is 1.83 bits per heavy atom. The van der Waals surface area contributed by atoms with Crippen LogP contribution in [0.4, 0.5) is 5.69 Å². The van der Waals surface area contributed by atoms with Gasteiger partial charge in [0.15, 0.2) is 6.10 Å². The van der Waals surface area contributed by atoms with Crippen molar-refractivity contribution < 1.29 is 27.2 Å². The smallest absolute Gasteiger partial charge is 0.375 e. The predicted molar refractivity (Wildman–Crippen MR) is 107 cm³/mol. The van der Waals surface area contributed by atoms with E-state index in [-0.39, 0.29) is 10.7 Å². The van der Waals surface area contributed by atoms with Crippen LogP contribution < -0.4 is 10.5 Å². The summed E-state index contributed by atoms with van der Waals surface area (Å²) in [6.07, 6.45) is -1.13. The number of amides is 1. The molecule has 0 radical (unpaired) electrons. The van der Waals surface area contributed by atoms with Gasteiger partial charge < -0.3 is 14.5 Å². The normalized spacial score (nSPS) is 12.6. The Bertz CT molecular complexity index is 1200. The van der Waals surface area contributed by atoms with Crippen molar-refractivity contribution >= 4 is 50.2 Å². The Balaban J connectivity index is 1.69. The number of anilines is 1. The topological polar surface area (TPSA) is 129 Å². The number of hydrogen-bond acceptors (Lipinski definition) is 6. The predicted octanol–water partition coefficient (Wildman–Crippen LogP) is 3.23. The zero-order valence-corrected chi connectivity index (χ0v) is 17.0. The minimum absolute atomic E-state index is 0.0144. The van der Waals surface area contributed by atoms with Gasteiger partial charge in [0, 0.05) is 21.7 Å². The van der Waals surface area contributed by atoms with Crippen molar-refractivity contribution in [3.63, 3.8) is 0 Å². The van der Waals surface area contributed by atoms with Gasteiger partial charge in [-0.3, -0.25) is 4.79 Å². The van der Waals surface area contributed by atoms with E-state index in [1.165, 1.54) is 31.2 Å². The summed E-state index contributed by atoms with van der Waals surface area (Å²) in [5.41, 5.74) is 1.35. The summed E-state index contributed by atoms with van der Waals surface area (Å²) in [6, 6.07) is 10.2. The van der Waals surface area contributed by atoms with Gasteiger partial charge in [0.05, 0.1) is 4.90 Å². The minimum atomic E-state index is -3.83. The Kier molecular flexibility index (Phi) is 5.65. The van der Waals surface area contributed by atoms with E-state index in [1.807, 2.05) is 0 Å². The molecule has 1 atom stereocenters. The maximum atomic E-state index is 12.4. The van der Waals surface area contributed by atoms with E-state index in [2.05, 4.69) is 5.32 Å². The molecule has 0 aliphatic heterocycles. The zero-order valence-electron chi connectivity index (χ0n) is 15.4. The molecule has 3 N–H and O–H groups in total. The molecule has 10 heteroatoms. The van der Waals surface area contributed by atoms with Crippen LogP contribution in [0.1, 0.15) is 23.0 Å². The molecule has 1 amide bonds. The molecule has 2 aromatic carbocycles. The van der Waals surface area contributed by atoms with Crippen LogP contribution >= 0.6 is 11.6 Å². The summed E-state index contributed by atoms with van der Waals surface area (Å²) in [5.74, 6) is -1.40. The molecule has 0 saturated heterocycles. The Morgan fingerprint density at radius 3 is 2.45 bits per heavy atom. The standard InChI is InChI=1S/C19H17ClN2O6S/c1-10-15-9-12(20)3-8-16(15)28-17(10)19(24)27-11(2)18(23)22-13-4-6-14(7-5-13)29(21,25)26/h3-9,11H,1-2H3,(H,22,23)(H2,21,25,26). The van der Waals surface area contributed by atoms with Crippen molar-refractivity contribution in [2.24, 2.45) is 5.14 Å². The van der Waals surface area contributed by atoms with Crippen molar-refractivity contribution in [3.05, 3.63) is 58.8 Å². The van der Waals surface area contributed by atoms with Crippen molar-refractivity contribution in [2.45, 2.75) is 24.8 Å². The molecule has 1 aromatic heterocycles. The molecule has 0 spiro atoms. The number of primary sulfonamides is 1. The third-order valence-corrected chi connectivity index (χ3v) is 5.35. The van der Waals surface area contributed by atoms with E-state index in [0.29, 0.717) is 27.2 Å². The minimum Gasteiger partial charge on any atom is -0.449 e. The first-order valence-corrected chi connectivity index (χ1v) is 10.3. The van der Waals surface area contributed by atoms with Gasteiger partial charge in [-0.1, -0.05) is 11.6 Å². The largest absolute Gasteiger partial charge is 0.449 e. The van der Waals surface area contributed by atoms with Gasteiger partial charge in [-0.15, -0.1) is 0 Å². The summed E-state index contributed by atoms with van der Waals surface area (Å²) in [4.78, 5) is 24.6. The number of ether oxygens (including phenoxy) is 1. The molecule has 3 aromatic rings. The number of esters is 1. The molecule has 0 aliphatic carbocycles. The van der Waals surface area contributed by atoms with Gasteiger partial charge >= 0.3 is 5.97 Å². The van der Waals surface area contributed by atoms with Crippen LogP contribution in [0.25, 0.3) is 11.0 Å². The number of furan rings is 1. The van der Waals surface area contributed by atoms with Crippen LogP contribution in [0.15, 0.2) is 51.8 Å². The van der Waals surface area contributed by atoms with Crippen LogP contribution in [0, 0.1) is 6.92 Å². The molecule has 3 rings (SSSR count). The lowest BCUT2D eigenvalue weighted by atomic mass is 10.1. The Morgan fingerprint density at radius 1 is 1.17 bits per heavy atom. The van der Waals surface area contributed by atoms with E-state index in [1.54, 1.807) is 25.1 Å². The quantitative estimate of drug-likeness (QED) is 0.591. The highest BCUT2D eigenvalue weighted by Crippen LogP contribution is 2.28. The van der Waals surface area contributed by atoms with Gasteiger partial charge in [0.25, 0.3) is 5.91 Å². The zero-order chi connectivity index (χ0) is 21.3. The molecule has 152 valence electrons. The number of nitrogens with one attached hydrogen (secondary N) is 1. The fraction of sp³-hybridized carbons (Fsp3) is 0.158. The van der Waals surface area contributed by atoms with Crippen LogP contribution in [-0.4, -0.2) is 26.4 Å². The van der Waals surface area contributed by atoms with Crippen molar-refractivity contribution in [3.8, 4) is 0 Å². The van der Waals surface area contributed by atoms with Crippen LogP contribution in [0.2, 0.25) is 5.02 Å². The summed E-state index contributed by atoms with van der Waals surface area (Å²) < 4.78 is 33.2. The fourth-order valence-corrected chi connectivity index (χ4v) is 3.31. The van der Waals surface area contributed by atoms with Crippen molar-refractivity contribution in [1.82, 2.24) is 0 Å². The Labute approximate surface area is 171 Å². The highest BCUT2D eigenvalue weighted by atomic mass is 35.5. The number of sulfonamides is 1. The molecule has 0 bridgehead atoms. The monoisotopic (exact) mass is 436 g/mol. The number of nitrogens with two attached hydrogens (primary N) is 1. The third kappa shape index (κ3) is 4.58. The first kappa shape index (κ1) is 20.8. The average molecular weight is 437 g/mol. The number of carbonyl (C=O) groups is 2. The molecule has 1 unspecified atom stereocenters. The fourth-order valence-electron chi connectivity index (χ4n) is 2.63. The van der Waals surface area contributed by atoms with Gasteiger partial charge in [0.2, 0.25) is 15.8 Å². The number of halogens is 1. The number of aryl methyl sites for hydroxylation is 1. The molecular formula is C19H17ClN2O6S. The summed E-state index contributed by atoms with van der Waals surface area (Å²) in [6.45, 7) is 3.09. The number of benzene rings is 2. The van der Waals surface area contributed by atoms with Gasteiger partial charge in [-0.25, -0.2) is 18.4 Å². The molecule has 0 saturated carbocycles. The molecule has 1 heterocycles. The second-order valence-corrected chi connectivity index (χ2v) is 8.30. The molecular weight excluding hydrogens is 420 g/mol. The summed E-state index contributed by atoms with van der Waals surface area (Å²) in [5, 5.41) is 8.73. The van der Waals surface area contributed by atoms with E-state index in [4.69, 9.17) is 25.9 Å². The molecule has 0 fully saturated rings. The second-order valence-electron chi connectivity index (χ2n) is 6.30. The van der Waals surface area contributed by atoms with Crippen LogP contribution in [-0.2, 0) is 19.6 Å². The maximum absolute atomic E-state index is 12.4. The first-order chi connectivity index (χ1) is 13.6. The van der Waals surface area contributed by atoms with Crippen molar-refractivity contribution in [2.75, 3.05) is 5.32 Å². The summed E-state index contributed by atoms with van der Waals surface area (Å²) >= 11 is 5.97. The van der Waals surface area contributed by atoms with Crippen LogP contribution in [0.5, 0.6) is 0 Å². The van der Waals surface area contributed by atoms with Gasteiger partial charge in [-0.05, 0) is 56.3 Å². The maximum Gasteiger partial charge on any atom is 0.375 e. The first-order valence-electron chi connectivity index (χ1n) is 8.39. The van der Waals surface area contributed by atoms with Gasteiger partial charge in [-0.2, -0.15) is 0 Å². The highest BCUT2D eigenvalue weighted by molar-refractivity contribution is 7.89. The average Bonchev–Trinajstić information content (AvgIpc) is 2.97. The third-order valence-electron chi connectivity index (χ3n) is 4.19. The van der Waals surface area contributed by atoms with Crippen LogP contribution in [0.3, 0.4) is 0 Å². The SMILES string of the molecule is Cc1c(C(=O)OC(C)C(=O)Nc2ccc(S(N)(=O)=O)cc2)oc2ccc(Cl)cc12. The van der Waals surface area contributed by atoms with E-state index in [0.717, 1.165) is 0 Å². The van der Waals surface area contributed by atoms with E-state index < -0.39 is 28.0 Å². The molecule has 29 heavy (non-hydrogen) atoms. The van der Waals surface area contributed by atoms with E-state index in [9.17, 15) is 18.0 Å². The Hall–Kier alpha value is -2.88. The second kappa shape index (κ2) is 7.86. The van der Waals surface area contributed by atoms with Crippen molar-refractivity contribution in [1.29, 1.82) is 0 Å².